The lowest BCUT2D eigenvalue weighted by atomic mass is 9.74. The maximum Gasteiger partial charge on any atom is 0.305 e. The lowest BCUT2D eigenvalue weighted by Gasteiger charge is -2.30. The third-order valence-corrected chi connectivity index (χ3v) is 6.16. The molecule has 0 saturated heterocycles. The Bertz CT molecular complexity index is 1510. The Morgan fingerprint density at radius 3 is 2.34 bits per heavy atom. The summed E-state index contributed by atoms with van der Waals surface area (Å²) in [6.45, 7) is 3.80. The van der Waals surface area contributed by atoms with Gasteiger partial charge in [0, 0.05) is 18.1 Å². The first kappa shape index (κ1) is 20.0. The van der Waals surface area contributed by atoms with Gasteiger partial charge < -0.3 is 0 Å². The van der Waals surface area contributed by atoms with E-state index in [-0.39, 0.29) is 34.1 Å². The van der Waals surface area contributed by atoms with Gasteiger partial charge in [0.05, 0.1) is 21.4 Å². The molecule has 2 aromatic carbocycles. The van der Waals surface area contributed by atoms with Gasteiger partial charge in [-0.15, -0.1) is 0 Å². The first-order chi connectivity index (χ1) is 15.1. The lowest BCUT2D eigenvalue weighted by Crippen LogP contribution is -2.37. The number of benzene rings is 2. The third-order valence-electron chi connectivity index (χ3n) is 6.16. The topological polar surface area (TPSA) is 104 Å². The van der Waals surface area contributed by atoms with Crippen LogP contribution in [0.3, 0.4) is 0 Å². The molecule has 9 heteroatoms. The number of aromatic nitrogens is 2. The van der Waals surface area contributed by atoms with E-state index >= 15 is 0 Å². The molecule has 8 nitrogen and oxygen atoms in total. The number of rotatable bonds is 2. The SMILES string of the molecule is CC1(C)CC(=O)C2=C(C1)n1c(=O)c3ccccc3c(=O)n1C2c1ccc(F)c([N+](=O)[O-])c1. The van der Waals surface area contributed by atoms with E-state index in [0.717, 1.165) is 12.1 Å². The van der Waals surface area contributed by atoms with Crippen LogP contribution in [0.15, 0.2) is 57.6 Å². The van der Waals surface area contributed by atoms with Crippen molar-refractivity contribution in [2.24, 2.45) is 5.41 Å². The van der Waals surface area contributed by atoms with Gasteiger partial charge in [0.1, 0.15) is 6.04 Å². The highest BCUT2D eigenvalue weighted by Gasteiger charge is 2.45. The number of halogens is 1. The van der Waals surface area contributed by atoms with Crippen molar-refractivity contribution < 1.29 is 14.1 Å². The molecule has 0 N–H and O–H groups in total. The summed E-state index contributed by atoms with van der Waals surface area (Å²) in [5, 5.41) is 11.7. The summed E-state index contributed by atoms with van der Waals surface area (Å²) in [7, 11) is 0. The van der Waals surface area contributed by atoms with Gasteiger partial charge in [-0.25, -0.2) is 9.36 Å². The van der Waals surface area contributed by atoms with Crippen LogP contribution in [0.5, 0.6) is 0 Å². The Hall–Kier alpha value is -3.88. The van der Waals surface area contributed by atoms with Crippen LogP contribution in [-0.2, 0) is 4.79 Å². The minimum Gasteiger partial charge on any atom is -0.294 e. The Morgan fingerprint density at radius 2 is 1.69 bits per heavy atom. The number of fused-ring (bicyclic) bond motifs is 3. The van der Waals surface area contributed by atoms with Crippen LogP contribution >= 0.6 is 0 Å². The van der Waals surface area contributed by atoms with Gasteiger partial charge in [-0.05, 0) is 35.6 Å². The summed E-state index contributed by atoms with van der Waals surface area (Å²) in [4.78, 5) is 50.7. The molecule has 1 unspecified atom stereocenters. The van der Waals surface area contributed by atoms with Gasteiger partial charge in [-0.2, -0.15) is 4.39 Å². The summed E-state index contributed by atoms with van der Waals surface area (Å²) >= 11 is 0. The number of nitrogens with zero attached hydrogens (tertiary/aromatic N) is 3. The van der Waals surface area contributed by atoms with Crippen LogP contribution in [-0.4, -0.2) is 20.1 Å². The predicted octanol–water partition coefficient (Wildman–Crippen LogP) is 3.41. The molecule has 1 atom stereocenters. The van der Waals surface area contributed by atoms with Gasteiger partial charge in [-0.3, -0.25) is 24.5 Å². The minimum absolute atomic E-state index is 0.182. The zero-order valence-electron chi connectivity index (χ0n) is 17.3. The summed E-state index contributed by atoms with van der Waals surface area (Å²) < 4.78 is 16.4. The maximum absolute atomic E-state index is 14.0. The Labute approximate surface area is 180 Å². The van der Waals surface area contributed by atoms with Gasteiger partial charge in [0.2, 0.25) is 5.82 Å². The molecule has 2 aliphatic rings. The van der Waals surface area contributed by atoms with Gasteiger partial charge >= 0.3 is 5.69 Å². The number of carbonyl (C=O) groups excluding carboxylic acids is 1. The van der Waals surface area contributed by atoms with Crippen molar-refractivity contribution in [3.63, 3.8) is 0 Å². The molecule has 0 bridgehead atoms. The van der Waals surface area contributed by atoms with Crippen molar-refractivity contribution in [2.75, 3.05) is 0 Å². The standard InChI is InChI=1S/C23H18FN3O5/c1-23(2)10-17-19(18(28)11-23)20(12-7-8-15(24)16(9-12)27(31)32)26-22(30)14-6-4-3-5-13(14)21(29)25(17)26/h3-9,20H,10-11H2,1-2H3. The second-order valence-corrected chi connectivity index (χ2v) is 8.98. The van der Waals surface area contributed by atoms with Crippen LogP contribution in [0.2, 0.25) is 0 Å². The zero-order chi connectivity index (χ0) is 22.9. The van der Waals surface area contributed by atoms with Crippen molar-refractivity contribution in [3.05, 3.63) is 90.2 Å². The average molecular weight is 435 g/mol. The molecule has 0 spiro atoms. The number of nitro benzene ring substituents is 1. The minimum atomic E-state index is -1.06. The van der Waals surface area contributed by atoms with Crippen molar-refractivity contribution >= 4 is 27.9 Å². The normalized spacial score (nSPS) is 19.2. The molecule has 162 valence electrons. The molecule has 0 fully saturated rings. The van der Waals surface area contributed by atoms with E-state index < -0.39 is 39.0 Å². The fourth-order valence-corrected chi connectivity index (χ4v) is 4.84. The number of hydrogen-bond donors (Lipinski definition) is 0. The Kier molecular flexibility index (Phi) is 4.11. The van der Waals surface area contributed by atoms with Crippen molar-refractivity contribution in [1.82, 2.24) is 9.36 Å². The molecule has 1 aliphatic heterocycles. The zero-order valence-corrected chi connectivity index (χ0v) is 17.3. The third kappa shape index (κ3) is 2.70. The van der Waals surface area contributed by atoms with Gasteiger partial charge in [0.25, 0.3) is 11.1 Å². The largest absolute Gasteiger partial charge is 0.305 e. The number of hydrogen-bond acceptors (Lipinski definition) is 5. The van der Waals surface area contributed by atoms with Gasteiger partial charge in [-0.1, -0.05) is 32.0 Å². The van der Waals surface area contributed by atoms with Gasteiger partial charge in [0.15, 0.2) is 5.78 Å². The van der Waals surface area contributed by atoms with Crippen LogP contribution in [0.25, 0.3) is 16.5 Å². The van der Waals surface area contributed by atoms with E-state index in [1.807, 2.05) is 13.8 Å². The van der Waals surface area contributed by atoms with E-state index in [9.17, 15) is 28.9 Å². The molecule has 5 rings (SSSR count). The Balaban J connectivity index is 1.91. The predicted molar refractivity (Wildman–Crippen MR) is 115 cm³/mol. The maximum atomic E-state index is 14.0. The lowest BCUT2D eigenvalue weighted by molar-refractivity contribution is -0.387. The molecule has 1 aliphatic carbocycles. The summed E-state index contributed by atoms with van der Waals surface area (Å²) in [5.74, 6) is -1.27. The van der Waals surface area contributed by atoms with E-state index in [0.29, 0.717) is 12.1 Å². The van der Waals surface area contributed by atoms with Crippen LogP contribution in [0, 0.1) is 21.3 Å². The molecule has 32 heavy (non-hydrogen) atoms. The molecule has 2 heterocycles. The molecular weight excluding hydrogens is 417 g/mol. The van der Waals surface area contributed by atoms with Crippen molar-refractivity contribution in [2.45, 2.75) is 32.7 Å². The quantitative estimate of drug-likeness (QED) is 0.453. The summed E-state index contributed by atoms with van der Waals surface area (Å²) in [5.41, 5.74) is -1.29. The number of ketones is 1. The summed E-state index contributed by atoms with van der Waals surface area (Å²) in [6, 6.07) is 8.59. The fourth-order valence-electron chi connectivity index (χ4n) is 4.84. The van der Waals surface area contributed by atoms with E-state index in [1.165, 1.54) is 21.5 Å². The fraction of sp³-hybridized carbons (Fsp3) is 0.261. The van der Waals surface area contributed by atoms with E-state index in [2.05, 4.69) is 0 Å². The Morgan fingerprint density at radius 1 is 1.03 bits per heavy atom. The van der Waals surface area contributed by atoms with E-state index in [4.69, 9.17) is 0 Å². The smallest absolute Gasteiger partial charge is 0.294 e. The van der Waals surface area contributed by atoms with Crippen molar-refractivity contribution in [1.29, 1.82) is 0 Å². The molecule has 0 saturated carbocycles. The number of nitro groups is 1. The number of allylic oxidation sites excluding steroid dienone is 2. The second-order valence-electron chi connectivity index (χ2n) is 8.98. The first-order valence-electron chi connectivity index (χ1n) is 10.1. The molecule has 0 amide bonds. The highest BCUT2D eigenvalue weighted by atomic mass is 19.1. The molecule has 0 radical (unpaired) electrons. The van der Waals surface area contributed by atoms with E-state index in [1.54, 1.807) is 18.2 Å². The van der Waals surface area contributed by atoms with Crippen LogP contribution in [0.1, 0.15) is 38.3 Å². The second kappa shape index (κ2) is 6.56. The number of Topliss-reactive ketones (excluding diaryl/α,β-unsaturated/α-hetero) is 1. The summed E-state index contributed by atoms with van der Waals surface area (Å²) in [6.07, 6.45) is 0.564. The highest BCUT2D eigenvalue weighted by Crippen LogP contribution is 2.47. The molecule has 3 aromatic rings. The van der Waals surface area contributed by atoms with Crippen molar-refractivity contribution in [3.8, 4) is 0 Å². The highest BCUT2D eigenvalue weighted by molar-refractivity contribution is 6.04. The number of carbonyl (C=O) groups is 1. The monoisotopic (exact) mass is 435 g/mol. The van der Waals surface area contributed by atoms with Crippen LogP contribution in [0.4, 0.5) is 10.1 Å². The van der Waals surface area contributed by atoms with Crippen LogP contribution < -0.4 is 11.1 Å². The molecular formula is C23H18FN3O5. The molecule has 1 aromatic heterocycles. The average Bonchev–Trinajstić information content (AvgIpc) is 3.06. The first-order valence-corrected chi connectivity index (χ1v) is 10.1.